The summed E-state index contributed by atoms with van der Waals surface area (Å²) in [5.41, 5.74) is -0.277. The zero-order valence-corrected chi connectivity index (χ0v) is 23.4. The molecule has 0 spiro atoms. The molecule has 2 unspecified atom stereocenters. The molecule has 4 rings (SSSR count). The smallest absolute Gasteiger partial charge is 0.296 e. The molecule has 0 aromatic heterocycles. The number of benzene rings is 3. The van der Waals surface area contributed by atoms with E-state index >= 15 is 0 Å². The summed E-state index contributed by atoms with van der Waals surface area (Å²) in [5, 5.41) is 2.65. The number of alkyl halides is 4. The molecule has 204 valence electrons. The Hall–Kier alpha value is -2.46. The number of halogens is 8. The van der Waals surface area contributed by atoms with Crippen LogP contribution in [0.2, 0.25) is 5.02 Å². The van der Waals surface area contributed by atoms with E-state index in [1.165, 1.54) is 18.2 Å². The summed E-state index contributed by atoms with van der Waals surface area (Å²) in [6.07, 6.45) is -5.17. The summed E-state index contributed by atoms with van der Waals surface area (Å²) in [7, 11) is 0. The highest BCUT2D eigenvalue weighted by atomic mass is 79.9. The van der Waals surface area contributed by atoms with Crippen molar-refractivity contribution in [2.45, 2.75) is 29.5 Å². The summed E-state index contributed by atoms with van der Waals surface area (Å²) in [6, 6.07) is 13.0. The molecule has 1 fully saturated rings. The van der Waals surface area contributed by atoms with E-state index in [0.717, 1.165) is 22.2 Å². The second-order valence-electron chi connectivity index (χ2n) is 8.91. The lowest BCUT2D eigenvalue weighted by atomic mass is 9.98. The fourth-order valence-corrected chi connectivity index (χ4v) is 5.55. The number of carbonyl (C=O) groups is 3. The number of Topliss-reactive ketones (excluding diaryl/α,β-unsaturated/α-hetero) is 2. The molecule has 4 nitrogen and oxygen atoms in total. The Labute approximate surface area is 243 Å². The lowest BCUT2D eigenvalue weighted by molar-refractivity contribution is -0.128. The van der Waals surface area contributed by atoms with Crippen molar-refractivity contribution in [3.05, 3.63) is 98.0 Å². The van der Waals surface area contributed by atoms with Crippen molar-refractivity contribution in [1.29, 1.82) is 0 Å². The lowest BCUT2D eigenvalue weighted by Crippen LogP contribution is -2.18. The van der Waals surface area contributed by atoms with Gasteiger partial charge in [-0.2, -0.15) is 0 Å². The number of ketones is 2. The number of anilines is 1. The van der Waals surface area contributed by atoms with Crippen LogP contribution >= 0.6 is 50.7 Å². The molecule has 1 aliphatic carbocycles. The Morgan fingerprint density at radius 2 is 1.64 bits per heavy atom. The van der Waals surface area contributed by atoms with Crippen LogP contribution in [0.5, 0.6) is 0 Å². The van der Waals surface area contributed by atoms with E-state index in [4.69, 9.17) is 34.8 Å². The molecule has 0 heterocycles. The number of carbonyl (C=O) groups excluding carboxylic acids is 3. The van der Waals surface area contributed by atoms with Crippen molar-refractivity contribution in [3.63, 3.8) is 0 Å². The first-order valence-electron chi connectivity index (χ1n) is 11.3. The third-order valence-electron chi connectivity index (χ3n) is 6.31. The minimum absolute atomic E-state index is 0.00295. The maximum absolute atomic E-state index is 14.8. The topological polar surface area (TPSA) is 63.2 Å². The Balaban J connectivity index is 1.51. The van der Waals surface area contributed by atoms with E-state index in [9.17, 15) is 31.9 Å². The standard InChI is InChI=1S/C27H17BrCl3F4NO3/c28-14-4-1-12(2-5-14)22-23(27(22,30)31)26(39)36-15-6-7-18(29)16(10-15)20(37)9-13-3-8-19(32)17(24(13)33)11-21(38)25(34)35/h1-8,10,22-23,25H,9,11H2,(H,36,39). The van der Waals surface area contributed by atoms with Gasteiger partial charge in [0.15, 0.2) is 5.78 Å². The van der Waals surface area contributed by atoms with Gasteiger partial charge in [-0.3, -0.25) is 14.4 Å². The van der Waals surface area contributed by atoms with Crippen LogP contribution in [-0.4, -0.2) is 28.2 Å². The molecule has 1 N–H and O–H groups in total. The highest BCUT2D eigenvalue weighted by Gasteiger charge is 2.67. The van der Waals surface area contributed by atoms with Gasteiger partial charge in [-0.25, -0.2) is 17.6 Å². The largest absolute Gasteiger partial charge is 0.326 e. The molecule has 12 heteroatoms. The van der Waals surface area contributed by atoms with Crippen LogP contribution in [0, 0.1) is 17.6 Å². The average Bonchev–Trinajstić information content (AvgIpc) is 3.46. The predicted molar refractivity (Wildman–Crippen MR) is 144 cm³/mol. The third-order valence-corrected chi connectivity index (χ3v) is 8.11. The summed E-state index contributed by atoms with van der Waals surface area (Å²) in [5.74, 6) is -6.54. The van der Waals surface area contributed by atoms with Crippen molar-refractivity contribution in [1.82, 2.24) is 0 Å². The Morgan fingerprint density at radius 3 is 2.28 bits per heavy atom. The number of hydrogen-bond donors (Lipinski definition) is 1. The first-order valence-corrected chi connectivity index (χ1v) is 13.3. The minimum atomic E-state index is -3.39. The van der Waals surface area contributed by atoms with Crippen molar-refractivity contribution in [2.24, 2.45) is 5.92 Å². The van der Waals surface area contributed by atoms with Crippen molar-refractivity contribution < 1.29 is 31.9 Å². The monoisotopic (exact) mass is 663 g/mol. The maximum Gasteiger partial charge on any atom is 0.296 e. The summed E-state index contributed by atoms with van der Waals surface area (Å²) < 4.78 is 53.6. The van der Waals surface area contributed by atoms with E-state index in [1.54, 1.807) is 24.3 Å². The molecule has 0 aliphatic heterocycles. The zero-order chi connectivity index (χ0) is 28.6. The molecule has 0 radical (unpaired) electrons. The molecule has 3 aromatic carbocycles. The van der Waals surface area contributed by atoms with Gasteiger partial charge >= 0.3 is 0 Å². The summed E-state index contributed by atoms with van der Waals surface area (Å²) in [6.45, 7) is 0. The molecule has 1 amide bonds. The normalized spacial score (nSPS) is 17.7. The van der Waals surface area contributed by atoms with Gasteiger partial charge in [-0.1, -0.05) is 45.7 Å². The van der Waals surface area contributed by atoms with Gasteiger partial charge in [0.25, 0.3) is 6.43 Å². The van der Waals surface area contributed by atoms with Crippen molar-refractivity contribution in [3.8, 4) is 0 Å². The molecule has 1 saturated carbocycles. The molecule has 0 bridgehead atoms. The molecule has 3 aromatic rings. The van der Waals surface area contributed by atoms with E-state index in [0.29, 0.717) is 0 Å². The van der Waals surface area contributed by atoms with Crippen molar-refractivity contribution >= 4 is 73.9 Å². The molecular weight excluding hydrogens is 649 g/mol. The van der Waals surface area contributed by atoms with Gasteiger partial charge < -0.3 is 5.32 Å². The van der Waals surface area contributed by atoms with Crippen LogP contribution in [-0.2, 0) is 22.4 Å². The van der Waals surface area contributed by atoms with E-state index in [1.807, 2.05) is 0 Å². The second kappa shape index (κ2) is 11.6. The third kappa shape index (κ3) is 6.32. The number of nitrogens with one attached hydrogen (secondary N) is 1. The summed E-state index contributed by atoms with van der Waals surface area (Å²) >= 11 is 22.3. The Morgan fingerprint density at radius 1 is 0.974 bits per heavy atom. The minimum Gasteiger partial charge on any atom is -0.326 e. The van der Waals surface area contributed by atoms with Gasteiger partial charge in [-0.15, -0.1) is 23.2 Å². The molecule has 0 saturated heterocycles. The van der Waals surface area contributed by atoms with Crippen LogP contribution in [0.1, 0.15) is 33.0 Å². The van der Waals surface area contributed by atoms with E-state index in [-0.39, 0.29) is 21.8 Å². The number of amides is 1. The fourth-order valence-electron chi connectivity index (χ4n) is 4.24. The van der Waals surface area contributed by atoms with Crippen LogP contribution in [0.4, 0.5) is 23.2 Å². The van der Waals surface area contributed by atoms with E-state index < -0.39 is 70.1 Å². The highest BCUT2D eigenvalue weighted by Crippen LogP contribution is 2.65. The zero-order valence-electron chi connectivity index (χ0n) is 19.6. The quantitative estimate of drug-likeness (QED) is 0.145. The van der Waals surface area contributed by atoms with Crippen LogP contribution in [0.25, 0.3) is 0 Å². The SMILES string of the molecule is O=C(Cc1ccc(F)c(CC(=O)C(F)F)c1F)c1cc(NC(=O)C2C(c3ccc(Br)cc3)C2(Cl)Cl)ccc1Cl. The van der Waals surface area contributed by atoms with Crippen LogP contribution in [0.15, 0.2) is 59.1 Å². The molecule has 39 heavy (non-hydrogen) atoms. The van der Waals surface area contributed by atoms with Crippen LogP contribution < -0.4 is 5.32 Å². The highest BCUT2D eigenvalue weighted by molar-refractivity contribution is 9.10. The predicted octanol–water partition coefficient (Wildman–Crippen LogP) is 7.71. The summed E-state index contributed by atoms with van der Waals surface area (Å²) in [4.78, 5) is 37.3. The second-order valence-corrected chi connectivity index (χ2v) is 11.7. The van der Waals surface area contributed by atoms with Gasteiger partial charge in [0.2, 0.25) is 11.7 Å². The van der Waals surface area contributed by atoms with Gasteiger partial charge in [0.05, 0.1) is 10.9 Å². The Kier molecular flexibility index (Phi) is 8.76. The lowest BCUT2D eigenvalue weighted by Gasteiger charge is -2.11. The van der Waals surface area contributed by atoms with Crippen molar-refractivity contribution in [2.75, 3.05) is 5.32 Å². The Bertz CT molecular complexity index is 1470. The van der Waals surface area contributed by atoms with E-state index in [2.05, 4.69) is 21.2 Å². The molecule has 1 aliphatic rings. The molecule has 2 atom stereocenters. The maximum atomic E-state index is 14.8. The first-order chi connectivity index (χ1) is 18.3. The first kappa shape index (κ1) is 29.5. The number of hydrogen-bond acceptors (Lipinski definition) is 3. The van der Waals surface area contributed by atoms with Gasteiger partial charge in [0.1, 0.15) is 16.0 Å². The average molecular weight is 666 g/mol. The van der Waals surface area contributed by atoms with Crippen LogP contribution in [0.3, 0.4) is 0 Å². The van der Waals surface area contributed by atoms with Gasteiger partial charge in [0, 0.05) is 40.0 Å². The van der Waals surface area contributed by atoms with Gasteiger partial charge in [-0.05, 0) is 47.5 Å². The fraction of sp³-hybridized carbons (Fsp3) is 0.222. The number of rotatable bonds is 9. The molecular formula is C27H17BrCl3F4NO3.